The van der Waals surface area contributed by atoms with Crippen LogP contribution in [0, 0.1) is 10.1 Å². The van der Waals surface area contributed by atoms with Crippen LogP contribution in [0.15, 0.2) is 53.4 Å². The number of nitrogens with one attached hydrogen (secondary N) is 2. The summed E-state index contributed by atoms with van der Waals surface area (Å²) in [5, 5.41) is 10.7. The van der Waals surface area contributed by atoms with Crippen molar-refractivity contribution < 1.29 is 14.7 Å². The van der Waals surface area contributed by atoms with Crippen molar-refractivity contribution in [1.29, 1.82) is 0 Å². The van der Waals surface area contributed by atoms with Gasteiger partial charge in [-0.05, 0) is 30.5 Å². The third kappa shape index (κ3) is 5.04. The maximum Gasteiger partial charge on any atom is 0.269 e. The van der Waals surface area contributed by atoms with Crippen LogP contribution in [0.1, 0.15) is 11.1 Å². The molecular formula is C19H25N3O2S+2. The molecule has 1 fully saturated rings. The molecule has 0 bridgehead atoms. The predicted molar refractivity (Wildman–Crippen MR) is 100 cm³/mol. The molecule has 2 aromatic rings. The van der Waals surface area contributed by atoms with Crippen LogP contribution in [-0.2, 0) is 13.1 Å². The molecule has 0 aromatic heterocycles. The summed E-state index contributed by atoms with van der Waals surface area (Å²) in [6, 6.07) is 15.9. The molecule has 0 amide bonds. The van der Waals surface area contributed by atoms with Gasteiger partial charge >= 0.3 is 0 Å². The van der Waals surface area contributed by atoms with Crippen LogP contribution in [-0.4, -0.2) is 37.4 Å². The predicted octanol–water partition coefficient (Wildman–Crippen LogP) is 0.800. The summed E-state index contributed by atoms with van der Waals surface area (Å²) in [5.74, 6) is 0. The van der Waals surface area contributed by atoms with E-state index in [1.54, 1.807) is 33.7 Å². The van der Waals surface area contributed by atoms with Crippen molar-refractivity contribution in [2.75, 3.05) is 32.4 Å². The van der Waals surface area contributed by atoms with Crippen molar-refractivity contribution in [1.82, 2.24) is 0 Å². The van der Waals surface area contributed by atoms with E-state index in [-0.39, 0.29) is 10.6 Å². The SMILES string of the molecule is CSc1ccc(C[NH+]2CC[NH+](Cc3ccc([N+](=O)[O-])cc3)CC2)cc1. The van der Waals surface area contributed by atoms with Gasteiger partial charge in [-0.1, -0.05) is 12.1 Å². The molecule has 0 aliphatic carbocycles. The first-order valence-corrected chi connectivity index (χ1v) is 9.90. The third-order valence-corrected chi connectivity index (χ3v) is 5.62. The second kappa shape index (κ2) is 8.47. The molecule has 1 heterocycles. The van der Waals surface area contributed by atoms with Gasteiger partial charge in [0.05, 0.1) is 4.92 Å². The van der Waals surface area contributed by atoms with E-state index in [9.17, 15) is 10.1 Å². The molecule has 6 heteroatoms. The summed E-state index contributed by atoms with van der Waals surface area (Å²) in [4.78, 5) is 14.9. The number of nitro groups is 1. The zero-order valence-electron chi connectivity index (χ0n) is 14.5. The lowest BCUT2D eigenvalue weighted by atomic mass is 10.1. The molecule has 132 valence electrons. The Morgan fingerprint density at radius 3 is 1.72 bits per heavy atom. The van der Waals surface area contributed by atoms with Crippen molar-refractivity contribution in [3.8, 4) is 0 Å². The van der Waals surface area contributed by atoms with Gasteiger partial charge in [-0.2, -0.15) is 0 Å². The molecule has 1 aliphatic rings. The number of hydrogen-bond donors (Lipinski definition) is 2. The second-order valence-corrected chi connectivity index (χ2v) is 7.50. The minimum atomic E-state index is -0.343. The fourth-order valence-corrected chi connectivity index (χ4v) is 3.78. The number of non-ortho nitro benzene ring substituents is 1. The normalized spacial score (nSPS) is 20.4. The first kappa shape index (κ1) is 17.9. The molecule has 3 rings (SSSR count). The Morgan fingerprint density at radius 2 is 1.32 bits per heavy atom. The van der Waals surface area contributed by atoms with Gasteiger partial charge in [0.1, 0.15) is 39.3 Å². The lowest BCUT2D eigenvalue weighted by Crippen LogP contribution is -3.27. The van der Waals surface area contributed by atoms with Gasteiger partial charge in [-0.25, -0.2) is 0 Å². The van der Waals surface area contributed by atoms with Crippen LogP contribution < -0.4 is 9.80 Å². The molecule has 25 heavy (non-hydrogen) atoms. The summed E-state index contributed by atoms with van der Waals surface area (Å²) in [5.41, 5.74) is 2.75. The van der Waals surface area contributed by atoms with E-state index in [0.29, 0.717) is 0 Å². The summed E-state index contributed by atoms with van der Waals surface area (Å²) in [7, 11) is 0. The molecule has 0 radical (unpaired) electrons. The number of thioether (sulfide) groups is 1. The molecule has 0 spiro atoms. The number of rotatable bonds is 6. The molecule has 5 nitrogen and oxygen atoms in total. The van der Waals surface area contributed by atoms with Crippen molar-refractivity contribution in [3.05, 3.63) is 69.8 Å². The van der Waals surface area contributed by atoms with Crippen molar-refractivity contribution >= 4 is 17.4 Å². The van der Waals surface area contributed by atoms with Gasteiger partial charge < -0.3 is 9.80 Å². The minimum Gasteiger partial charge on any atom is -0.322 e. The van der Waals surface area contributed by atoms with Gasteiger partial charge in [-0.3, -0.25) is 10.1 Å². The van der Waals surface area contributed by atoms with Crippen LogP contribution >= 0.6 is 11.8 Å². The maximum absolute atomic E-state index is 10.7. The van der Waals surface area contributed by atoms with Crippen LogP contribution in [0.5, 0.6) is 0 Å². The summed E-state index contributed by atoms with van der Waals surface area (Å²) < 4.78 is 0. The third-order valence-electron chi connectivity index (χ3n) is 4.88. The quantitative estimate of drug-likeness (QED) is 0.456. The standard InChI is InChI=1S/C19H23N3O2S/c1-25-19-8-4-17(5-9-19)15-21-12-10-20(11-13-21)14-16-2-6-18(7-3-16)22(23)24/h2-9H,10-15H2,1H3/p+2. The lowest BCUT2D eigenvalue weighted by molar-refractivity contribution is -1.02. The Morgan fingerprint density at radius 1 is 0.880 bits per heavy atom. The monoisotopic (exact) mass is 359 g/mol. The number of benzene rings is 2. The molecular weight excluding hydrogens is 334 g/mol. The van der Waals surface area contributed by atoms with Crippen LogP contribution in [0.4, 0.5) is 5.69 Å². The van der Waals surface area contributed by atoms with Gasteiger partial charge in [0.2, 0.25) is 0 Å². The van der Waals surface area contributed by atoms with E-state index >= 15 is 0 Å². The van der Waals surface area contributed by atoms with Crippen molar-refractivity contribution in [2.24, 2.45) is 0 Å². The Labute approximate surface area is 152 Å². The van der Waals surface area contributed by atoms with E-state index in [4.69, 9.17) is 0 Å². The van der Waals surface area contributed by atoms with Crippen LogP contribution in [0.3, 0.4) is 0 Å². The Balaban J connectivity index is 1.47. The first-order valence-electron chi connectivity index (χ1n) is 8.67. The molecule has 0 saturated carbocycles. The maximum atomic E-state index is 10.7. The summed E-state index contributed by atoms with van der Waals surface area (Å²) in [6.45, 7) is 6.69. The molecule has 2 aromatic carbocycles. The van der Waals surface area contributed by atoms with E-state index < -0.39 is 0 Å². The number of nitro benzene ring substituents is 1. The van der Waals surface area contributed by atoms with E-state index in [1.807, 2.05) is 12.1 Å². The average Bonchev–Trinajstić information content (AvgIpc) is 2.64. The fraction of sp³-hybridized carbons (Fsp3) is 0.368. The minimum absolute atomic E-state index is 0.167. The van der Waals surface area contributed by atoms with E-state index in [0.717, 1.165) is 26.2 Å². The highest BCUT2D eigenvalue weighted by Crippen LogP contribution is 2.14. The molecule has 1 saturated heterocycles. The lowest BCUT2D eigenvalue weighted by Gasteiger charge is -2.29. The fourth-order valence-electron chi connectivity index (χ4n) is 3.37. The number of quaternary nitrogens is 2. The Bertz CT molecular complexity index is 696. The average molecular weight is 359 g/mol. The zero-order valence-corrected chi connectivity index (χ0v) is 15.3. The number of piperazine rings is 1. The largest absolute Gasteiger partial charge is 0.322 e. The Kier molecular flexibility index (Phi) is 6.07. The summed E-state index contributed by atoms with van der Waals surface area (Å²) in [6.07, 6.45) is 2.10. The van der Waals surface area contributed by atoms with Gasteiger partial charge in [0.25, 0.3) is 5.69 Å². The topological polar surface area (TPSA) is 52.0 Å². The number of nitrogens with zero attached hydrogens (tertiary/aromatic N) is 1. The van der Waals surface area contributed by atoms with Crippen LogP contribution in [0.25, 0.3) is 0 Å². The Hall–Kier alpha value is -1.89. The smallest absolute Gasteiger partial charge is 0.269 e. The van der Waals surface area contributed by atoms with Gasteiger partial charge in [0, 0.05) is 28.2 Å². The molecule has 0 unspecified atom stereocenters. The highest BCUT2D eigenvalue weighted by atomic mass is 32.2. The second-order valence-electron chi connectivity index (χ2n) is 6.63. The van der Waals surface area contributed by atoms with Gasteiger partial charge in [-0.15, -0.1) is 11.8 Å². The highest BCUT2D eigenvalue weighted by molar-refractivity contribution is 7.98. The van der Waals surface area contributed by atoms with Gasteiger partial charge in [0.15, 0.2) is 0 Å². The van der Waals surface area contributed by atoms with Crippen LogP contribution in [0.2, 0.25) is 0 Å². The van der Waals surface area contributed by atoms with Crippen molar-refractivity contribution in [3.63, 3.8) is 0 Å². The molecule has 1 aliphatic heterocycles. The summed E-state index contributed by atoms with van der Waals surface area (Å²) >= 11 is 1.78. The van der Waals surface area contributed by atoms with Crippen molar-refractivity contribution in [2.45, 2.75) is 18.0 Å². The highest BCUT2D eigenvalue weighted by Gasteiger charge is 2.23. The number of hydrogen-bond acceptors (Lipinski definition) is 3. The van der Waals surface area contributed by atoms with E-state index in [1.165, 1.54) is 29.1 Å². The van der Waals surface area contributed by atoms with E-state index in [2.05, 4.69) is 30.5 Å². The first-order chi connectivity index (χ1) is 12.1. The zero-order chi connectivity index (χ0) is 17.6. The molecule has 0 atom stereocenters. The molecule has 2 N–H and O–H groups in total.